The van der Waals surface area contributed by atoms with Gasteiger partial charge in [-0.25, -0.2) is 4.79 Å². The van der Waals surface area contributed by atoms with Gasteiger partial charge in [0.1, 0.15) is 0 Å². The number of methoxy groups -OCH3 is 1. The van der Waals surface area contributed by atoms with Crippen molar-refractivity contribution >= 4 is 12.0 Å². The lowest BCUT2D eigenvalue weighted by Crippen LogP contribution is -2.43. The topological polar surface area (TPSA) is 70.1 Å². The summed E-state index contributed by atoms with van der Waals surface area (Å²) in [5.41, 5.74) is 0. The van der Waals surface area contributed by atoms with Gasteiger partial charge in [-0.15, -0.1) is 0 Å². The van der Waals surface area contributed by atoms with Crippen LogP contribution in [-0.4, -0.2) is 67.3 Å². The van der Waals surface area contributed by atoms with Crippen LogP contribution in [0.4, 0.5) is 4.79 Å². The highest BCUT2D eigenvalue weighted by Gasteiger charge is 2.16. The fourth-order valence-electron chi connectivity index (χ4n) is 1.19. The third kappa shape index (κ3) is 5.55. The Morgan fingerprint density at radius 3 is 2.38 bits per heavy atom. The monoisotopic (exact) mass is 232 g/mol. The Balaban J connectivity index is 4.10. The van der Waals surface area contributed by atoms with Crippen LogP contribution in [0.5, 0.6) is 0 Å². The van der Waals surface area contributed by atoms with Gasteiger partial charge in [0.15, 0.2) is 0 Å². The van der Waals surface area contributed by atoms with E-state index >= 15 is 0 Å². The van der Waals surface area contributed by atoms with Crippen molar-refractivity contribution in [3.05, 3.63) is 0 Å². The summed E-state index contributed by atoms with van der Waals surface area (Å²) in [6, 6.07) is -0.166. The molecule has 0 aliphatic heterocycles. The molecule has 0 atom stereocenters. The smallest absolute Gasteiger partial charge is 0.319 e. The zero-order chi connectivity index (χ0) is 12.6. The Labute approximate surface area is 95.8 Å². The van der Waals surface area contributed by atoms with Crippen molar-refractivity contribution in [2.24, 2.45) is 0 Å². The van der Waals surface area contributed by atoms with Crippen molar-refractivity contribution in [1.82, 2.24) is 9.80 Å². The summed E-state index contributed by atoms with van der Waals surface area (Å²) < 4.78 is 4.90. The minimum atomic E-state index is -0.903. The summed E-state index contributed by atoms with van der Waals surface area (Å²) in [6.45, 7) is 3.67. The molecule has 0 rings (SSSR count). The number of carboxylic acid groups (broad SMARTS) is 1. The third-order valence-electron chi connectivity index (χ3n) is 2.21. The first-order chi connectivity index (χ1) is 7.52. The first kappa shape index (κ1) is 14.7. The van der Waals surface area contributed by atoms with Crippen LogP contribution >= 0.6 is 0 Å². The summed E-state index contributed by atoms with van der Waals surface area (Å²) in [6.07, 6.45) is -0.0376. The number of carbonyl (C=O) groups excluding carboxylic acids is 1. The number of urea groups is 1. The molecular formula is C10H20N2O4. The van der Waals surface area contributed by atoms with E-state index in [1.54, 1.807) is 19.1 Å². The first-order valence-electron chi connectivity index (χ1n) is 5.23. The zero-order valence-electron chi connectivity index (χ0n) is 10.1. The van der Waals surface area contributed by atoms with Gasteiger partial charge >= 0.3 is 12.0 Å². The van der Waals surface area contributed by atoms with Crippen molar-refractivity contribution in [2.45, 2.75) is 13.3 Å². The van der Waals surface area contributed by atoms with E-state index in [2.05, 4.69) is 0 Å². The summed E-state index contributed by atoms with van der Waals surface area (Å²) in [5.74, 6) is -0.903. The number of aliphatic carboxylic acids is 1. The van der Waals surface area contributed by atoms with Gasteiger partial charge in [0, 0.05) is 33.8 Å². The van der Waals surface area contributed by atoms with E-state index in [1.165, 1.54) is 4.90 Å². The molecule has 16 heavy (non-hydrogen) atoms. The van der Waals surface area contributed by atoms with Crippen molar-refractivity contribution in [1.29, 1.82) is 0 Å². The van der Waals surface area contributed by atoms with Gasteiger partial charge in [0.25, 0.3) is 0 Å². The Morgan fingerprint density at radius 2 is 1.94 bits per heavy atom. The van der Waals surface area contributed by atoms with Crippen molar-refractivity contribution < 1.29 is 19.4 Å². The van der Waals surface area contributed by atoms with Gasteiger partial charge in [0.2, 0.25) is 0 Å². The summed E-state index contributed by atoms with van der Waals surface area (Å²) in [7, 11) is 3.17. The number of carbonyl (C=O) groups is 2. The minimum absolute atomic E-state index is 0.0376. The van der Waals surface area contributed by atoms with Crippen LogP contribution in [0.15, 0.2) is 0 Å². The number of hydrogen-bond donors (Lipinski definition) is 1. The van der Waals surface area contributed by atoms with E-state index in [9.17, 15) is 9.59 Å². The molecule has 0 aromatic rings. The molecule has 0 heterocycles. The number of carboxylic acids is 1. The summed E-state index contributed by atoms with van der Waals surface area (Å²) in [4.78, 5) is 25.2. The second-order valence-corrected chi connectivity index (χ2v) is 3.42. The first-order valence-corrected chi connectivity index (χ1v) is 5.23. The molecule has 0 fully saturated rings. The van der Waals surface area contributed by atoms with E-state index in [-0.39, 0.29) is 19.0 Å². The van der Waals surface area contributed by atoms with Crippen LogP contribution in [0.3, 0.4) is 0 Å². The highest BCUT2D eigenvalue weighted by Crippen LogP contribution is 1.98. The quantitative estimate of drug-likeness (QED) is 0.693. The molecule has 2 amide bonds. The second-order valence-electron chi connectivity index (χ2n) is 3.42. The molecule has 0 saturated carbocycles. The second kappa shape index (κ2) is 7.92. The van der Waals surface area contributed by atoms with Crippen LogP contribution < -0.4 is 0 Å². The minimum Gasteiger partial charge on any atom is -0.481 e. The number of rotatable bonds is 7. The van der Waals surface area contributed by atoms with Crippen LogP contribution in [0, 0.1) is 0 Å². The van der Waals surface area contributed by atoms with Gasteiger partial charge in [-0.3, -0.25) is 4.79 Å². The van der Waals surface area contributed by atoms with Gasteiger partial charge in [-0.1, -0.05) is 0 Å². The summed E-state index contributed by atoms with van der Waals surface area (Å²) in [5, 5.41) is 8.51. The van der Waals surface area contributed by atoms with Crippen LogP contribution in [0.1, 0.15) is 13.3 Å². The van der Waals surface area contributed by atoms with E-state index in [0.717, 1.165) is 0 Å². The van der Waals surface area contributed by atoms with E-state index in [1.807, 2.05) is 6.92 Å². The molecule has 6 nitrogen and oxygen atoms in total. The molecule has 0 aliphatic rings. The highest BCUT2D eigenvalue weighted by molar-refractivity contribution is 5.75. The molecule has 0 saturated heterocycles. The summed E-state index contributed by atoms with van der Waals surface area (Å²) >= 11 is 0. The highest BCUT2D eigenvalue weighted by atomic mass is 16.5. The molecule has 0 spiro atoms. The average Bonchev–Trinajstić information content (AvgIpc) is 2.26. The molecule has 94 valence electrons. The third-order valence-corrected chi connectivity index (χ3v) is 2.21. The van der Waals surface area contributed by atoms with Gasteiger partial charge < -0.3 is 19.6 Å². The fourth-order valence-corrected chi connectivity index (χ4v) is 1.19. The Hall–Kier alpha value is -1.30. The Morgan fingerprint density at radius 1 is 1.31 bits per heavy atom. The van der Waals surface area contributed by atoms with E-state index < -0.39 is 5.97 Å². The maximum absolute atomic E-state index is 11.8. The Bertz CT molecular complexity index is 233. The van der Waals surface area contributed by atoms with E-state index in [4.69, 9.17) is 9.84 Å². The van der Waals surface area contributed by atoms with Gasteiger partial charge in [0.05, 0.1) is 13.0 Å². The number of likely N-dealkylation sites (N-methyl/N-ethyl adjacent to an activating group) is 1. The molecule has 0 aromatic carbocycles. The average molecular weight is 232 g/mol. The lowest BCUT2D eigenvalue weighted by Gasteiger charge is -2.26. The van der Waals surface area contributed by atoms with Crippen molar-refractivity contribution in [3.63, 3.8) is 0 Å². The number of ether oxygens (including phenoxy) is 1. The molecule has 0 bridgehead atoms. The van der Waals surface area contributed by atoms with Crippen molar-refractivity contribution in [3.8, 4) is 0 Å². The normalized spacial score (nSPS) is 9.94. The largest absolute Gasteiger partial charge is 0.481 e. The SMILES string of the molecule is CCN(CCOC)C(=O)N(C)CCC(=O)O. The van der Waals surface area contributed by atoms with Gasteiger partial charge in [-0.2, -0.15) is 0 Å². The lowest BCUT2D eigenvalue weighted by molar-refractivity contribution is -0.137. The molecule has 1 N–H and O–H groups in total. The maximum atomic E-state index is 11.8. The van der Waals surface area contributed by atoms with Crippen molar-refractivity contribution in [2.75, 3.05) is 40.4 Å². The lowest BCUT2D eigenvalue weighted by atomic mass is 10.4. The standard InChI is InChI=1S/C10H20N2O4/c1-4-12(7-8-16-3)10(15)11(2)6-5-9(13)14/h4-8H2,1-3H3,(H,13,14). The van der Waals surface area contributed by atoms with Gasteiger partial charge in [-0.05, 0) is 6.92 Å². The molecular weight excluding hydrogens is 212 g/mol. The van der Waals surface area contributed by atoms with Crippen LogP contribution in [-0.2, 0) is 9.53 Å². The number of nitrogens with zero attached hydrogens (tertiary/aromatic N) is 2. The van der Waals surface area contributed by atoms with Crippen LogP contribution in [0.25, 0.3) is 0 Å². The molecule has 0 aliphatic carbocycles. The predicted octanol–water partition coefficient (Wildman–Crippen LogP) is 0.481. The molecule has 0 radical (unpaired) electrons. The Kier molecular flexibility index (Phi) is 7.28. The maximum Gasteiger partial charge on any atom is 0.319 e. The predicted molar refractivity (Wildman–Crippen MR) is 59.4 cm³/mol. The molecule has 0 aromatic heterocycles. The fraction of sp³-hybridized carbons (Fsp3) is 0.800. The number of amides is 2. The van der Waals surface area contributed by atoms with Crippen LogP contribution in [0.2, 0.25) is 0 Å². The van der Waals surface area contributed by atoms with E-state index in [0.29, 0.717) is 19.7 Å². The molecule has 6 heteroatoms. The molecule has 0 unspecified atom stereocenters. The number of hydrogen-bond acceptors (Lipinski definition) is 3. The zero-order valence-corrected chi connectivity index (χ0v) is 10.1.